The Labute approximate surface area is 219 Å². The lowest BCUT2D eigenvalue weighted by Crippen LogP contribution is -2.60. The maximum Gasteiger partial charge on any atom is 0.290 e. The predicted octanol–water partition coefficient (Wildman–Crippen LogP) is 5.00. The Morgan fingerprint density at radius 3 is 2.65 bits per heavy atom. The van der Waals surface area contributed by atoms with Crippen molar-refractivity contribution in [3.05, 3.63) is 53.3 Å². The normalized spacial score (nSPS) is 20.1. The first-order chi connectivity index (χ1) is 17.8. The van der Waals surface area contributed by atoms with Crippen molar-refractivity contribution in [3.8, 4) is 5.75 Å². The van der Waals surface area contributed by atoms with E-state index in [0.29, 0.717) is 17.5 Å². The van der Waals surface area contributed by atoms with Gasteiger partial charge in [-0.25, -0.2) is 4.98 Å². The largest absolute Gasteiger partial charge is 0.491 e. The van der Waals surface area contributed by atoms with E-state index >= 15 is 0 Å². The minimum atomic E-state index is -0.250. The summed E-state index contributed by atoms with van der Waals surface area (Å²) < 4.78 is 8.55. The molecule has 6 rings (SSSR count). The third-order valence-corrected chi connectivity index (χ3v) is 8.48. The SMILES string of the molecule is CC(C)Oc1cccc(CCc2nc3c4c(ccc3n2C2CC3(CNC3)C2)N(C)C(C)CC4)c1.O=CO. The number of nitrogens with zero attached hydrogens (tertiary/aromatic N) is 3. The molecule has 2 aromatic carbocycles. The second kappa shape index (κ2) is 10.4. The molecular formula is C30H40N4O3. The Kier molecular flexibility index (Phi) is 7.17. The molecule has 7 nitrogen and oxygen atoms in total. The summed E-state index contributed by atoms with van der Waals surface area (Å²) in [6.07, 6.45) is 7.03. The van der Waals surface area contributed by atoms with Gasteiger partial charge in [0.25, 0.3) is 6.47 Å². The second-order valence-electron chi connectivity index (χ2n) is 11.4. The molecule has 2 fully saturated rings. The van der Waals surface area contributed by atoms with Crippen LogP contribution in [-0.2, 0) is 24.1 Å². The molecule has 0 amide bonds. The van der Waals surface area contributed by atoms with Crippen LogP contribution in [0.1, 0.15) is 63.0 Å². The van der Waals surface area contributed by atoms with Crippen molar-refractivity contribution in [2.45, 2.75) is 77.5 Å². The number of nitrogens with one attached hydrogen (secondary N) is 1. The summed E-state index contributed by atoms with van der Waals surface area (Å²) in [5, 5.41) is 10.4. The zero-order valence-corrected chi connectivity index (χ0v) is 22.5. The van der Waals surface area contributed by atoms with E-state index in [2.05, 4.69) is 79.0 Å². The van der Waals surface area contributed by atoms with Crippen molar-refractivity contribution >= 4 is 23.2 Å². The molecule has 198 valence electrons. The van der Waals surface area contributed by atoms with E-state index in [4.69, 9.17) is 19.6 Å². The molecule has 2 N–H and O–H groups in total. The first-order valence-electron chi connectivity index (χ1n) is 13.6. The molecule has 1 aliphatic carbocycles. The number of hydrogen-bond donors (Lipinski definition) is 2. The number of carbonyl (C=O) groups is 1. The number of carboxylic acid groups (broad SMARTS) is 1. The number of hydrogen-bond acceptors (Lipinski definition) is 5. The summed E-state index contributed by atoms with van der Waals surface area (Å²) >= 11 is 0. The van der Waals surface area contributed by atoms with E-state index < -0.39 is 0 Å². The van der Waals surface area contributed by atoms with Crippen LogP contribution in [0.5, 0.6) is 5.75 Å². The van der Waals surface area contributed by atoms with Crippen LogP contribution >= 0.6 is 0 Å². The minimum Gasteiger partial charge on any atom is -0.491 e. The molecule has 3 heterocycles. The fourth-order valence-electron chi connectivity index (χ4n) is 6.39. The Bertz CT molecular complexity index is 1260. The minimum absolute atomic E-state index is 0.193. The van der Waals surface area contributed by atoms with Gasteiger partial charge in [0.15, 0.2) is 0 Å². The number of aryl methyl sites for hydroxylation is 3. The number of rotatable bonds is 6. The smallest absolute Gasteiger partial charge is 0.290 e. The Morgan fingerprint density at radius 2 is 1.97 bits per heavy atom. The first-order valence-corrected chi connectivity index (χ1v) is 13.6. The molecule has 0 radical (unpaired) electrons. The van der Waals surface area contributed by atoms with Crippen molar-refractivity contribution in [2.75, 3.05) is 25.0 Å². The van der Waals surface area contributed by atoms with E-state index in [1.165, 1.54) is 66.0 Å². The molecule has 1 unspecified atom stereocenters. The molecule has 2 aliphatic heterocycles. The molecule has 3 aromatic rings. The van der Waals surface area contributed by atoms with Gasteiger partial charge in [-0.3, -0.25) is 4.79 Å². The zero-order chi connectivity index (χ0) is 26.2. The zero-order valence-electron chi connectivity index (χ0n) is 22.5. The molecule has 1 aromatic heterocycles. The Balaban J connectivity index is 0.000000892. The Hall–Kier alpha value is -3.06. The highest BCUT2D eigenvalue weighted by atomic mass is 16.5. The summed E-state index contributed by atoms with van der Waals surface area (Å²) in [5.41, 5.74) is 7.28. The third kappa shape index (κ3) is 4.93. The number of anilines is 1. The molecule has 1 spiro atoms. The van der Waals surface area contributed by atoms with Crippen LogP contribution in [0.4, 0.5) is 5.69 Å². The van der Waals surface area contributed by atoms with Crippen LogP contribution in [0.15, 0.2) is 36.4 Å². The van der Waals surface area contributed by atoms with Crippen LogP contribution < -0.4 is 15.0 Å². The van der Waals surface area contributed by atoms with Gasteiger partial charge in [-0.1, -0.05) is 12.1 Å². The summed E-state index contributed by atoms with van der Waals surface area (Å²) in [5.74, 6) is 2.22. The first kappa shape index (κ1) is 25.6. The standard InChI is InChI=1S/C29H38N4O.CH2O2/c1-19(2)34-23-7-5-6-21(14-23)9-13-27-31-28-24-10-8-20(3)32(4)25(24)11-12-26(28)33(27)22-15-29(16-22)17-30-18-29;2-1-3/h5-7,11-12,14,19-20,22,30H,8-10,13,15-18H2,1-4H3;1H,(H,2,3). The predicted molar refractivity (Wildman–Crippen MR) is 148 cm³/mol. The van der Waals surface area contributed by atoms with E-state index in [-0.39, 0.29) is 12.6 Å². The van der Waals surface area contributed by atoms with Gasteiger partial charge in [0.05, 0.1) is 17.1 Å². The van der Waals surface area contributed by atoms with Crippen molar-refractivity contribution in [1.29, 1.82) is 0 Å². The highest BCUT2D eigenvalue weighted by molar-refractivity contribution is 5.86. The van der Waals surface area contributed by atoms with E-state index in [9.17, 15) is 0 Å². The molecule has 1 atom stereocenters. The van der Waals surface area contributed by atoms with Crippen LogP contribution in [0.3, 0.4) is 0 Å². The van der Waals surface area contributed by atoms with Gasteiger partial charge in [0, 0.05) is 49.9 Å². The summed E-state index contributed by atoms with van der Waals surface area (Å²) in [6, 6.07) is 14.5. The maximum absolute atomic E-state index is 8.36. The molecule has 7 heteroatoms. The van der Waals surface area contributed by atoms with Crippen molar-refractivity contribution in [3.63, 3.8) is 0 Å². The van der Waals surface area contributed by atoms with Crippen LogP contribution in [0.25, 0.3) is 11.0 Å². The van der Waals surface area contributed by atoms with Gasteiger partial charge in [-0.05, 0) is 88.1 Å². The lowest BCUT2D eigenvalue weighted by Gasteiger charge is -2.55. The number of ether oxygens (including phenoxy) is 1. The summed E-state index contributed by atoms with van der Waals surface area (Å²) in [7, 11) is 2.23. The van der Waals surface area contributed by atoms with Gasteiger partial charge in [0.2, 0.25) is 0 Å². The van der Waals surface area contributed by atoms with Gasteiger partial charge in [-0.2, -0.15) is 0 Å². The molecule has 3 aliphatic rings. The number of aromatic nitrogens is 2. The molecule has 1 saturated carbocycles. The molecule has 0 bridgehead atoms. The highest BCUT2D eigenvalue weighted by Crippen LogP contribution is 2.52. The van der Waals surface area contributed by atoms with Gasteiger partial charge >= 0.3 is 0 Å². The van der Waals surface area contributed by atoms with Crippen LogP contribution in [0, 0.1) is 5.41 Å². The monoisotopic (exact) mass is 504 g/mol. The van der Waals surface area contributed by atoms with Crippen molar-refractivity contribution < 1.29 is 14.6 Å². The van der Waals surface area contributed by atoms with Crippen molar-refractivity contribution in [2.24, 2.45) is 5.41 Å². The van der Waals surface area contributed by atoms with Crippen LogP contribution in [0.2, 0.25) is 0 Å². The molecule has 37 heavy (non-hydrogen) atoms. The van der Waals surface area contributed by atoms with Gasteiger partial charge in [0.1, 0.15) is 11.6 Å². The average molecular weight is 505 g/mol. The van der Waals surface area contributed by atoms with Gasteiger partial charge in [-0.15, -0.1) is 0 Å². The van der Waals surface area contributed by atoms with Crippen LogP contribution in [-0.4, -0.2) is 53.4 Å². The second-order valence-corrected chi connectivity index (χ2v) is 11.4. The highest BCUT2D eigenvalue weighted by Gasteiger charge is 2.49. The lowest BCUT2D eigenvalue weighted by molar-refractivity contribution is -0.122. The van der Waals surface area contributed by atoms with E-state index in [0.717, 1.165) is 25.0 Å². The third-order valence-electron chi connectivity index (χ3n) is 8.48. The fraction of sp³-hybridized carbons (Fsp3) is 0.533. The number of benzene rings is 2. The molecular weight excluding hydrogens is 464 g/mol. The number of imidazole rings is 1. The number of fused-ring (bicyclic) bond motifs is 3. The maximum atomic E-state index is 8.36. The quantitative estimate of drug-likeness (QED) is 0.460. The average Bonchev–Trinajstić information content (AvgIpc) is 3.17. The topological polar surface area (TPSA) is 79.6 Å². The molecule has 1 saturated heterocycles. The van der Waals surface area contributed by atoms with Crippen molar-refractivity contribution in [1.82, 2.24) is 14.9 Å². The van der Waals surface area contributed by atoms with E-state index in [1.807, 2.05) is 0 Å². The summed E-state index contributed by atoms with van der Waals surface area (Å²) in [4.78, 5) is 16.2. The lowest BCUT2D eigenvalue weighted by atomic mass is 9.61. The summed E-state index contributed by atoms with van der Waals surface area (Å²) in [6.45, 7) is 8.61. The Morgan fingerprint density at radius 1 is 1.22 bits per heavy atom. The van der Waals surface area contributed by atoms with E-state index in [1.54, 1.807) is 0 Å². The fourth-order valence-corrected chi connectivity index (χ4v) is 6.39. The van der Waals surface area contributed by atoms with Gasteiger partial charge < -0.3 is 24.6 Å².